The number of hydrogen-bond donors (Lipinski definition) is 1. The lowest BCUT2D eigenvalue weighted by atomic mass is 10.1. The predicted octanol–water partition coefficient (Wildman–Crippen LogP) is 4.33. The van der Waals surface area contributed by atoms with Gasteiger partial charge in [-0.3, -0.25) is 0 Å². The maximum Gasteiger partial charge on any atom is 0.183 e. The van der Waals surface area contributed by atoms with E-state index >= 15 is 0 Å². The summed E-state index contributed by atoms with van der Waals surface area (Å²) in [5, 5.41) is 6.50. The highest BCUT2D eigenvalue weighted by Crippen LogP contribution is 2.44. The molecule has 0 amide bonds. The molecule has 2 aromatic carbocycles. The Morgan fingerprint density at radius 3 is 2.11 bits per heavy atom. The molecule has 1 heterocycles. The molecule has 0 atom stereocenters. The van der Waals surface area contributed by atoms with E-state index in [1.54, 1.807) is 11.3 Å². The van der Waals surface area contributed by atoms with Gasteiger partial charge in [0.05, 0.1) is 6.04 Å². The van der Waals surface area contributed by atoms with Crippen LogP contribution in [0.2, 0.25) is 0 Å². The fraction of sp³-hybridized carbons (Fsp3) is 0.0625. The zero-order chi connectivity index (χ0) is 12.7. The lowest BCUT2D eigenvalue weighted by Crippen LogP contribution is -2.08. The lowest BCUT2D eigenvalue weighted by molar-refractivity contribution is 0.968. The van der Waals surface area contributed by atoms with Crippen molar-refractivity contribution in [1.82, 2.24) is 4.98 Å². The van der Waals surface area contributed by atoms with Crippen LogP contribution in [0.3, 0.4) is 0 Å². The Bertz CT molecular complexity index is 674. The zero-order valence-corrected chi connectivity index (χ0v) is 11.0. The summed E-state index contributed by atoms with van der Waals surface area (Å²) in [5.41, 5.74) is 5.32. The molecular formula is C16H12N2S. The summed E-state index contributed by atoms with van der Waals surface area (Å²) in [6.45, 7) is 0. The minimum Gasteiger partial charge on any atom is -0.351 e. The van der Waals surface area contributed by atoms with Crippen molar-refractivity contribution in [3.63, 3.8) is 0 Å². The number of aromatic nitrogens is 1. The Kier molecular flexibility index (Phi) is 2.38. The van der Waals surface area contributed by atoms with Crippen LogP contribution in [0, 0.1) is 0 Å². The van der Waals surface area contributed by atoms with E-state index in [4.69, 9.17) is 0 Å². The summed E-state index contributed by atoms with van der Waals surface area (Å²) >= 11 is 1.64. The van der Waals surface area contributed by atoms with E-state index in [-0.39, 0.29) is 6.04 Å². The van der Waals surface area contributed by atoms with Gasteiger partial charge in [0, 0.05) is 11.6 Å². The highest BCUT2D eigenvalue weighted by atomic mass is 32.1. The molecule has 1 aromatic heterocycles. The quantitative estimate of drug-likeness (QED) is 0.745. The van der Waals surface area contributed by atoms with Crippen LogP contribution in [0.15, 0.2) is 60.1 Å². The number of nitrogens with one attached hydrogen (secondary N) is 1. The molecule has 4 rings (SSSR count). The third-order valence-electron chi connectivity index (χ3n) is 3.53. The second-order valence-corrected chi connectivity index (χ2v) is 5.48. The van der Waals surface area contributed by atoms with Crippen molar-refractivity contribution in [2.75, 3.05) is 5.32 Å². The number of anilines is 1. The Morgan fingerprint density at radius 2 is 1.53 bits per heavy atom. The van der Waals surface area contributed by atoms with E-state index in [9.17, 15) is 0 Å². The van der Waals surface area contributed by atoms with Gasteiger partial charge in [0.25, 0.3) is 0 Å². The van der Waals surface area contributed by atoms with Crippen LogP contribution in [0.5, 0.6) is 0 Å². The summed E-state index contributed by atoms with van der Waals surface area (Å²) in [6, 6.07) is 17.4. The van der Waals surface area contributed by atoms with Gasteiger partial charge in [0.15, 0.2) is 5.13 Å². The fourth-order valence-corrected chi connectivity index (χ4v) is 3.29. The van der Waals surface area contributed by atoms with Crippen molar-refractivity contribution < 1.29 is 0 Å². The van der Waals surface area contributed by atoms with Gasteiger partial charge in [-0.2, -0.15) is 0 Å². The molecule has 1 aliphatic carbocycles. The largest absolute Gasteiger partial charge is 0.351 e. The van der Waals surface area contributed by atoms with Crippen molar-refractivity contribution >= 4 is 16.5 Å². The molecule has 19 heavy (non-hydrogen) atoms. The summed E-state index contributed by atoms with van der Waals surface area (Å²) in [5.74, 6) is 0. The average molecular weight is 264 g/mol. The third-order valence-corrected chi connectivity index (χ3v) is 4.24. The van der Waals surface area contributed by atoms with Crippen molar-refractivity contribution in [2.45, 2.75) is 6.04 Å². The van der Waals surface area contributed by atoms with E-state index in [2.05, 4.69) is 58.8 Å². The maximum atomic E-state index is 4.33. The fourth-order valence-electron chi connectivity index (χ4n) is 2.73. The van der Waals surface area contributed by atoms with Crippen LogP contribution in [-0.2, 0) is 0 Å². The number of thiazole rings is 1. The second-order valence-electron chi connectivity index (χ2n) is 4.59. The Balaban J connectivity index is 1.86. The van der Waals surface area contributed by atoms with Gasteiger partial charge in [0.2, 0.25) is 0 Å². The molecule has 2 nitrogen and oxygen atoms in total. The van der Waals surface area contributed by atoms with Crippen LogP contribution in [0.25, 0.3) is 11.1 Å². The smallest absolute Gasteiger partial charge is 0.183 e. The van der Waals surface area contributed by atoms with E-state index in [0.717, 1.165) is 5.13 Å². The van der Waals surface area contributed by atoms with Crippen LogP contribution >= 0.6 is 11.3 Å². The van der Waals surface area contributed by atoms with Gasteiger partial charge in [-0.25, -0.2) is 4.98 Å². The Labute approximate surface area is 115 Å². The number of benzene rings is 2. The predicted molar refractivity (Wildman–Crippen MR) is 79.5 cm³/mol. The first kappa shape index (κ1) is 10.8. The third kappa shape index (κ3) is 1.66. The molecule has 0 saturated heterocycles. The average Bonchev–Trinajstić information content (AvgIpc) is 3.08. The van der Waals surface area contributed by atoms with Gasteiger partial charge < -0.3 is 5.32 Å². The van der Waals surface area contributed by atoms with Gasteiger partial charge in [0.1, 0.15) is 0 Å². The second kappa shape index (κ2) is 4.21. The summed E-state index contributed by atoms with van der Waals surface area (Å²) < 4.78 is 0. The van der Waals surface area contributed by atoms with Gasteiger partial charge >= 0.3 is 0 Å². The highest BCUT2D eigenvalue weighted by Gasteiger charge is 2.28. The molecule has 1 N–H and O–H groups in total. The molecule has 0 fully saturated rings. The number of rotatable bonds is 2. The van der Waals surface area contributed by atoms with Crippen molar-refractivity contribution in [3.8, 4) is 11.1 Å². The molecule has 0 aliphatic heterocycles. The van der Waals surface area contributed by atoms with Crippen molar-refractivity contribution in [3.05, 3.63) is 71.2 Å². The van der Waals surface area contributed by atoms with Crippen molar-refractivity contribution in [1.29, 1.82) is 0 Å². The van der Waals surface area contributed by atoms with Gasteiger partial charge in [-0.1, -0.05) is 48.5 Å². The molecule has 0 unspecified atom stereocenters. The lowest BCUT2D eigenvalue weighted by Gasteiger charge is -2.14. The molecule has 0 spiro atoms. The maximum absolute atomic E-state index is 4.33. The molecule has 92 valence electrons. The van der Waals surface area contributed by atoms with E-state index < -0.39 is 0 Å². The van der Waals surface area contributed by atoms with Gasteiger partial charge in [-0.15, -0.1) is 11.3 Å². The minimum atomic E-state index is 0.207. The van der Waals surface area contributed by atoms with Crippen LogP contribution in [-0.4, -0.2) is 4.98 Å². The number of nitrogens with zero attached hydrogens (tertiary/aromatic N) is 1. The highest BCUT2D eigenvalue weighted by molar-refractivity contribution is 7.13. The molecule has 0 radical (unpaired) electrons. The zero-order valence-electron chi connectivity index (χ0n) is 10.2. The first-order valence-corrected chi connectivity index (χ1v) is 7.16. The molecule has 3 aromatic rings. The minimum absolute atomic E-state index is 0.207. The first-order chi connectivity index (χ1) is 9.43. The number of hydrogen-bond acceptors (Lipinski definition) is 3. The number of fused-ring (bicyclic) bond motifs is 3. The monoisotopic (exact) mass is 264 g/mol. The van der Waals surface area contributed by atoms with E-state index in [0.29, 0.717) is 0 Å². The SMILES string of the molecule is c1ccc2c(c1)-c1ccccc1C2Nc1nccs1. The van der Waals surface area contributed by atoms with Crippen LogP contribution in [0.1, 0.15) is 17.2 Å². The normalized spacial score (nSPS) is 13.1. The topological polar surface area (TPSA) is 24.9 Å². The molecular weight excluding hydrogens is 252 g/mol. The van der Waals surface area contributed by atoms with Gasteiger partial charge in [-0.05, 0) is 22.3 Å². The molecule has 0 bridgehead atoms. The Morgan fingerprint density at radius 1 is 0.895 bits per heavy atom. The summed E-state index contributed by atoms with van der Waals surface area (Å²) in [4.78, 5) is 4.33. The molecule has 3 heteroatoms. The van der Waals surface area contributed by atoms with Crippen LogP contribution in [0.4, 0.5) is 5.13 Å². The summed E-state index contributed by atoms with van der Waals surface area (Å²) in [6.07, 6.45) is 1.83. The first-order valence-electron chi connectivity index (χ1n) is 6.28. The van der Waals surface area contributed by atoms with Crippen molar-refractivity contribution in [2.24, 2.45) is 0 Å². The standard InChI is InChI=1S/C16H12N2S/c1-3-7-13-11(5-1)12-6-2-4-8-14(12)15(13)18-16-17-9-10-19-16/h1-10,15H,(H,17,18). The Hall–Kier alpha value is -2.13. The molecule has 1 aliphatic rings. The molecule has 0 saturated carbocycles. The van der Waals surface area contributed by atoms with E-state index in [1.807, 2.05) is 11.6 Å². The summed E-state index contributed by atoms with van der Waals surface area (Å²) in [7, 11) is 0. The van der Waals surface area contributed by atoms with Crippen LogP contribution < -0.4 is 5.32 Å². The van der Waals surface area contributed by atoms with E-state index in [1.165, 1.54) is 22.3 Å².